The smallest absolute Gasteiger partial charge is 0.262 e. The predicted octanol–water partition coefficient (Wildman–Crippen LogP) is 1.00. The molecule has 1 heterocycles. The maximum absolute atomic E-state index is 11.5. The van der Waals surface area contributed by atoms with E-state index in [1.165, 1.54) is 10.9 Å². The van der Waals surface area contributed by atoms with E-state index in [9.17, 15) is 10.1 Å². The molecule has 1 N–H and O–H groups in total. The van der Waals surface area contributed by atoms with Crippen LogP contribution in [-0.4, -0.2) is 14.8 Å². The van der Waals surface area contributed by atoms with Gasteiger partial charge in [-0.15, -0.1) is 0 Å². The van der Waals surface area contributed by atoms with Gasteiger partial charge in [0.2, 0.25) is 0 Å². The van der Waals surface area contributed by atoms with E-state index in [1.54, 1.807) is 0 Å². The highest BCUT2D eigenvalue weighted by Crippen LogP contribution is 2.35. The monoisotopic (exact) mass is 206 g/mol. The molecule has 1 fully saturated rings. The molecule has 1 aromatic rings. The van der Waals surface area contributed by atoms with Gasteiger partial charge >= 0.3 is 5.69 Å². The number of hydrogen-bond donors (Lipinski definition) is 1. The van der Waals surface area contributed by atoms with E-state index >= 15 is 0 Å². The van der Waals surface area contributed by atoms with Crippen LogP contribution in [0.1, 0.15) is 32.6 Å². The van der Waals surface area contributed by atoms with Crippen molar-refractivity contribution in [3.8, 4) is 6.07 Å². The second kappa shape index (κ2) is 3.54. The van der Waals surface area contributed by atoms with Crippen LogP contribution in [0.4, 0.5) is 0 Å². The minimum atomic E-state index is -0.670. The summed E-state index contributed by atoms with van der Waals surface area (Å²) >= 11 is 0. The van der Waals surface area contributed by atoms with E-state index in [0.717, 1.165) is 25.7 Å². The van der Waals surface area contributed by atoms with Crippen molar-refractivity contribution in [3.63, 3.8) is 0 Å². The summed E-state index contributed by atoms with van der Waals surface area (Å²) in [7, 11) is 0. The lowest BCUT2D eigenvalue weighted by atomic mass is 9.78. The third-order valence-corrected chi connectivity index (χ3v) is 3.32. The summed E-state index contributed by atoms with van der Waals surface area (Å²) in [6, 6.07) is 2.28. The number of aromatic nitrogens is 3. The molecule has 1 saturated carbocycles. The molecule has 0 saturated heterocycles. The van der Waals surface area contributed by atoms with Crippen molar-refractivity contribution in [1.29, 1.82) is 5.26 Å². The summed E-state index contributed by atoms with van der Waals surface area (Å²) in [6.07, 6.45) is 4.89. The molecule has 0 unspecified atom stereocenters. The van der Waals surface area contributed by atoms with Gasteiger partial charge in [0.05, 0.1) is 6.07 Å². The van der Waals surface area contributed by atoms with Gasteiger partial charge in [-0.1, -0.05) is 6.92 Å². The molecule has 0 amide bonds. The van der Waals surface area contributed by atoms with Crippen molar-refractivity contribution in [2.24, 2.45) is 5.92 Å². The molecular formula is C10H14N4O. The van der Waals surface area contributed by atoms with Crippen LogP contribution in [0, 0.1) is 17.2 Å². The highest BCUT2D eigenvalue weighted by atomic mass is 16.1. The molecule has 2 rings (SSSR count). The van der Waals surface area contributed by atoms with Gasteiger partial charge in [-0.05, 0) is 31.6 Å². The van der Waals surface area contributed by atoms with E-state index in [4.69, 9.17) is 0 Å². The van der Waals surface area contributed by atoms with Crippen LogP contribution in [-0.2, 0) is 5.54 Å². The highest BCUT2D eigenvalue weighted by Gasteiger charge is 2.37. The number of aromatic amines is 1. The first-order valence-corrected chi connectivity index (χ1v) is 5.22. The van der Waals surface area contributed by atoms with Crippen LogP contribution in [0.3, 0.4) is 0 Å². The van der Waals surface area contributed by atoms with Gasteiger partial charge in [-0.2, -0.15) is 10.4 Å². The molecule has 0 atom stereocenters. The Morgan fingerprint density at radius 1 is 1.67 bits per heavy atom. The Kier molecular flexibility index (Phi) is 2.35. The Balaban J connectivity index is 2.36. The van der Waals surface area contributed by atoms with Crippen LogP contribution in [0.2, 0.25) is 0 Å². The maximum atomic E-state index is 11.5. The molecule has 5 heteroatoms. The number of nitriles is 1. The topological polar surface area (TPSA) is 74.5 Å². The van der Waals surface area contributed by atoms with E-state index in [1.807, 2.05) is 0 Å². The lowest BCUT2D eigenvalue weighted by Gasteiger charge is -2.33. The van der Waals surface area contributed by atoms with Gasteiger partial charge in [0, 0.05) is 0 Å². The summed E-state index contributed by atoms with van der Waals surface area (Å²) in [5, 5.41) is 15.3. The molecule has 1 aromatic heterocycles. The van der Waals surface area contributed by atoms with Crippen molar-refractivity contribution in [1.82, 2.24) is 14.8 Å². The molecule has 0 bridgehead atoms. The van der Waals surface area contributed by atoms with Gasteiger partial charge in [0.25, 0.3) is 0 Å². The Labute approximate surface area is 87.7 Å². The Hall–Kier alpha value is -1.57. The average Bonchev–Trinajstić information content (AvgIpc) is 2.67. The normalized spacial score (nSPS) is 31.1. The van der Waals surface area contributed by atoms with E-state index < -0.39 is 5.54 Å². The van der Waals surface area contributed by atoms with Crippen molar-refractivity contribution < 1.29 is 0 Å². The number of nitrogens with one attached hydrogen (secondary N) is 1. The zero-order chi connectivity index (χ0) is 10.9. The van der Waals surface area contributed by atoms with E-state index in [0.29, 0.717) is 5.92 Å². The summed E-state index contributed by atoms with van der Waals surface area (Å²) in [5.74, 6) is 0.647. The minimum absolute atomic E-state index is 0.286. The highest BCUT2D eigenvalue weighted by molar-refractivity contribution is 5.07. The molecule has 15 heavy (non-hydrogen) atoms. The Morgan fingerprint density at radius 2 is 2.33 bits per heavy atom. The largest absolute Gasteiger partial charge is 0.344 e. The molecule has 0 aromatic carbocycles. The maximum Gasteiger partial charge on any atom is 0.344 e. The van der Waals surface area contributed by atoms with Crippen molar-refractivity contribution >= 4 is 0 Å². The predicted molar refractivity (Wildman–Crippen MR) is 54.1 cm³/mol. The third kappa shape index (κ3) is 1.56. The van der Waals surface area contributed by atoms with Crippen LogP contribution in [0.15, 0.2) is 11.1 Å². The summed E-state index contributed by atoms with van der Waals surface area (Å²) < 4.78 is 1.44. The van der Waals surface area contributed by atoms with Crippen LogP contribution in [0.25, 0.3) is 0 Å². The summed E-state index contributed by atoms with van der Waals surface area (Å²) in [4.78, 5) is 11.5. The number of H-pyrrole nitrogens is 1. The number of nitrogens with zero attached hydrogens (tertiary/aromatic N) is 3. The first-order chi connectivity index (χ1) is 7.18. The number of rotatable bonds is 1. The van der Waals surface area contributed by atoms with Gasteiger partial charge < -0.3 is 0 Å². The SMILES string of the molecule is CC1CCC(C#N)(n2cn[nH]c2=O)CC1. The zero-order valence-electron chi connectivity index (χ0n) is 8.73. The van der Waals surface area contributed by atoms with Gasteiger partial charge in [-0.25, -0.2) is 9.89 Å². The molecule has 0 spiro atoms. The molecular weight excluding hydrogens is 192 g/mol. The summed E-state index contributed by atoms with van der Waals surface area (Å²) in [6.45, 7) is 2.18. The lowest BCUT2D eigenvalue weighted by molar-refractivity contribution is 0.217. The lowest BCUT2D eigenvalue weighted by Crippen LogP contribution is -2.41. The first-order valence-electron chi connectivity index (χ1n) is 5.22. The second-order valence-corrected chi connectivity index (χ2v) is 4.36. The molecule has 80 valence electrons. The van der Waals surface area contributed by atoms with Crippen LogP contribution >= 0.6 is 0 Å². The van der Waals surface area contributed by atoms with Crippen molar-refractivity contribution in [3.05, 3.63) is 16.8 Å². The summed E-state index contributed by atoms with van der Waals surface area (Å²) in [5.41, 5.74) is -0.956. The van der Waals surface area contributed by atoms with E-state index in [2.05, 4.69) is 23.2 Å². The second-order valence-electron chi connectivity index (χ2n) is 4.36. The first kappa shape index (κ1) is 9.97. The average molecular weight is 206 g/mol. The fraction of sp³-hybridized carbons (Fsp3) is 0.700. The Morgan fingerprint density at radius 3 is 2.80 bits per heavy atom. The van der Waals surface area contributed by atoms with Crippen molar-refractivity contribution in [2.45, 2.75) is 38.1 Å². The Bertz CT molecular complexity index is 431. The fourth-order valence-corrected chi connectivity index (χ4v) is 2.20. The molecule has 0 radical (unpaired) electrons. The molecule has 1 aliphatic rings. The van der Waals surface area contributed by atoms with Crippen molar-refractivity contribution in [2.75, 3.05) is 0 Å². The van der Waals surface area contributed by atoms with Gasteiger partial charge in [0.15, 0.2) is 0 Å². The quantitative estimate of drug-likeness (QED) is 0.744. The molecule has 5 nitrogen and oxygen atoms in total. The van der Waals surface area contributed by atoms with Crippen LogP contribution in [0.5, 0.6) is 0 Å². The van der Waals surface area contributed by atoms with E-state index in [-0.39, 0.29) is 5.69 Å². The minimum Gasteiger partial charge on any atom is -0.262 e. The zero-order valence-corrected chi connectivity index (χ0v) is 8.73. The fourth-order valence-electron chi connectivity index (χ4n) is 2.20. The van der Waals surface area contributed by atoms with Gasteiger partial charge in [0.1, 0.15) is 11.9 Å². The molecule has 1 aliphatic carbocycles. The standard InChI is InChI=1S/C10H14N4O/c1-8-2-4-10(6-11,5-3-8)14-7-12-13-9(14)15/h7-8H,2-5H2,1H3,(H,13,15). The molecule has 0 aliphatic heterocycles. The third-order valence-electron chi connectivity index (χ3n) is 3.32. The van der Waals surface area contributed by atoms with Gasteiger partial charge in [-0.3, -0.25) is 4.57 Å². The number of hydrogen-bond acceptors (Lipinski definition) is 3. The van der Waals surface area contributed by atoms with Crippen LogP contribution < -0.4 is 5.69 Å².